The first kappa shape index (κ1) is 17.0. The monoisotopic (exact) mass is 293 g/mol. The first-order chi connectivity index (χ1) is 9.90. The van der Waals surface area contributed by atoms with Crippen LogP contribution >= 0.6 is 0 Å². The number of carboxylic acid groups (broad SMARTS) is 1. The standard InChI is InChI=1S/C16H23NO4/c1-12-6-7-13(2)14(11-12)21-10-8-15(18)17(3)9-4-5-16(19)20/h6-7,11H,4-5,8-10H2,1-3H3,(H,19,20). The Morgan fingerprint density at radius 3 is 2.62 bits per heavy atom. The number of rotatable bonds is 8. The predicted molar refractivity (Wildman–Crippen MR) is 80.5 cm³/mol. The van der Waals surface area contributed by atoms with E-state index in [9.17, 15) is 9.59 Å². The Labute approximate surface area is 125 Å². The molecule has 0 bridgehead atoms. The van der Waals surface area contributed by atoms with Crippen molar-refractivity contribution in [1.29, 1.82) is 0 Å². The van der Waals surface area contributed by atoms with Gasteiger partial charge in [-0.2, -0.15) is 0 Å². The van der Waals surface area contributed by atoms with Crippen LogP contribution in [0.15, 0.2) is 18.2 Å². The number of aliphatic carboxylic acids is 1. The van der Waals surface area contributed by atoms with E-state index >= 15 is 0 Å². The summed E-state index contributed by atoms with van der Waals surface area (Å²) in [4.78, 5) is 23.8. The lowest BCUT2D eigenvalue weighted by molar-refractivity contribution is -0.138. The molecule has 5 heteroatoms. The van der Waals surface area contributed by atoms with E-state index in [-0.39, 0.29) is 18.7 Å². The smallest absolute Gasteiger partial charge is 0.303 e. The van der Waals surface area contributed by atoms with Crippen molar-refractivity contribution in [2.75, 3.05) is 20.2 Å². The minimum Gasteiger partial charge on any atom is -0.493 e. The molecule has 0 aromatic heterocycles. The van der Waals surface area contributed by atoms with E-state index in [1.165, 1.54) is 0 Å². The Balaban J connectivity index is 2.32. The second-order valence-electron chi connectivity index (χ2n) is 5.18. The molecule has 0 aliphatic carbocycles. The lowest BCUT2D eigenvalue weighted by atomic mass is 10.1. The number of carbonyl (C=O) groups is 2. The fraction of sp³-hybridized carbons (Fsp3) is 0.500. The van der Waals surface area contributed by atoms with Crippen LogP contribution in [0.1, 0.15) is 30.4 Å². The molecule has 5 nitrogen and oxygen atoms in total. The first-order valence-electron chi connectivity index (χ1n) is 7.06. The molecule has 1 rings (SSSR count). The molecule has 21 heavy (non-hydrogen) atoms. The molecular weight excluding hydrogens is 270 g/mol. The average molecular weight is 293 g/mol. The predicted octanol–water partition coefficient (Wildman–Crippen LogP) is 2.40. The molecule has 0 spiro atoms. The molecule has 0 unspecified atom stereocenters. The highest BCUT2D eigenvalue weighted by Crippen LogP contribution is 2.19. The maximum absolute atomic E-state index is 11.9. The highest BCUT2D eigenvalue weighted by molar-refractivity contribution is 5.76. The summed E-state index contributed by atoms with van der Waals surface area (Å²) < 4.78 is 5.64. The SMILES string of the molecule is Cc1ccc(C)c(OCCC(=O)N(C)CCCC(=O)O)c1. The van der Waals surface area contributed by atoms with Crippen molar-refractivity contribution in [2.24, 2.45) is 0 Å². The minimum absolute atomic E-state index is 0.0364. The molecule has 1 amide bonds. The molecule has 0 heterocycles. The first-order valence-corrected chi connectivity index (χ1v) is 7.06. The molecule has 0 atom stereocenters. The van der Waals surface area contributed by atoms with Crippen LogP contribution in [0.4, 0.5) is 0 Å². The summed E-state index contributed by atoms with van der Waals surface area (Å²) in [6.45, 7) is 4.74. The summed E-state index contributed by atoms with van der Waals surface area (Å²) >= 11 is 0. The Morgan fingerprint density at radius 1 is 1.24 bits per heavy atom. The average Bonchev–Trinajstić information content (AvgIpc) is 2.42. The molecule has 1 aromatic rings. The molecular formula is C16H23NO4. The van der Waals surface area contributed by atoms with Gasteiger partial charge < -0.3 is 14.7 Å². The number of ether oxygens (including phenoxy) is 1. The van der Waals surface area contributed by atoms with Crippen molar-refractivity contribution in [3.63, 3.8) is 0 Å². The van der Waals surface area contributed by atoms with Crippen LogP contribution in [0.3, 0.4) is 0 Å². The highest BCUT2D eigenvalue weighted by atomic mass is 16.5. The summed E-state index contributed by atoms with van der Waals surface area (Å²) in [5, 5.41) is 8.56. The highest BCUT2D eigenvalue weighted by Gasteiger charge is 2.10. The van der Waals surface area contributed by atoms with Crippen molar-refractivity contribution in [3.05, 3.63) is 29.3 Å². The van der Waals surface area contributed by atoms with Gasteiger partial charge in [-0.15, -0.1) is 0 Å². The van der Waals surface area contributed by atoms with Gasteiger partial charge in [0.2, 0.25) is 5.91 Å². The third-order valence-corrected chi connectivity index (χ3v) is 3.23. The van der Waals surface area contributed by atoms with Gasteiger partial charge in [-0.3, -0.25) is 9.59 Å². The normalized spacial score (nSPS) is 10.2. The number of hydrogen-bond donors (Lipinski definition) is 1. The molecule has 1 N–H and O–H groups in total. The third kappa shape index (κ3) is 6.29. The molecule has 116 valence electrons. The van der Waals surface area contributed by atoms with E-state index in [1.54, 1.807) is 11.9 Å². The van der Waals surface area contributed by atoms with Crippen molar-refractivity contribution in [3.8, 4) is 5.75 Å². The van der Waals surface area contributed by atoms with Gasteiger partial charge >= 0.3 is 5.97 Å². The number of nitrogens with zero attached hydrogens (tertiary/aromatic N) is 1. The summed E-state index contributed by atoms with van der Waals surface area (Å²) in [5.41, 5.74) is 2.16. The summed E-state index contributed by atoms with van der Waals surface area (Å²) in [6, 6.07) is 5.96. The van der Waals surface area contributed by atoms with Gasteiger partial charge in [-0.1, -0.05) is 12.1 Å². The van der Waals surface area contributed by atoms with Gasteiger partial charge in [0, 0.05) is 20.0 Å². The number of carboxylic acids is 1. The molecule has 0 aliphatic heterocycles. The maximum Gasteiger partial charge on any atom is 0.303 e. The van der Waals surface area contributed by atoms with Crippen LogP contribution in [-0.4, -0.2) is 42.1 Å². The molecule has 0 saturated heterocycles. The molecule has 0 radical (unpaired) electrons. The maximum atomic E-state index is 11.9. The van der Waals surface area contributed by atoms with Crippen LogP contribution in [0, 0.1) is 13.8 Å². The van der Waals surface area contributed by atoms with E-state index in [2.05, 4.69) is 0 Å². The van der Waals surface area contributed by atoms with Crippen LogP contribution in [-0.2, 0) is 9.59 Å². The van der Waals surface area contributed by atoms with Crippen molar-refractivity contribution in [1.82, 2.24) is 4.90 Å². The quantitative estimate of drug-likeness (QED) is 0.799. The third-order valence-electron chi connectivity index (χ3n) is 3.23. The second kappa shape index (κ2) is 8.29. The number of benzene rings is 1. The largest absolute Gasteiger partial charge is 0.493 e. The van der Waals surface area contributed by atoms with Crippen LogP contribution in [0.25, 0.3) is 0 Å². The number of amides is 1. The van der Waals surface area contributed by atoms with Gasteiger partial charge in [0.05, 0.1) is 13.0 Å². The van der Waals surface area contributed by atoms with Gasteiger partial charge in [0.15, 0.2) is 0 Å². The Morgan fingerprint density at radius 2 is 1.95 bits per heavy atom. The van der Waals surface area contributed by atoms with Crippen molar-refractivity contribution >= 4 is 11.9 Å². The number of aryl methyl sites for hydroxylation is 2. The van der Waals surface area contributed by atoms with Gasteiger partial charge in [-0.25, -0.2) is 0 Å². The lowest BCUT2D eigenvalue weighted by Crippen LogP contribution is -2.29. The van der Waals surface area contributed by atoms with E-state index in [1.807, 2.05) is 32.0 Å². The fourth-order valence-electron chi connectivity index (χ4n) is 1.89. The Bertz CT molecular complexity index is 499. The van der Waals surface area contributed by atoms with Crippen LogP contribution in [0.2, 0.25) is 0 Å². The van der Waals surface area contributed by atoms with Crippen LogP contribution < -0.4 is 4.74 Å². The van der Waals surface area contributed by atoms with E-state index in [4.69, 9.17) is 9.84 Å². The molecule has 0 aliphatic rings. The van der Waals surface area contributed by atoms with Crippen LogP contribution in [0.5, 0.6) is 5.75 Å². The number of hydrogen-bond acceptors (Lipinski definition) is 3. The zero-order valence-corrected chi connectivity index (χ0v) is 12.9. The lowest BCUT2D eigenvalue weighted by Gasteiger charge is -2.17. The summed E-state index contributed by atoms with van der Waals surface area (Å²) in [5.74, 6) is -0.0730. The van der Waals surface area contributed by atoms with Crippen molar-refractivity contribution < 1.29 is 19.4 Å². The molecule has 0 saturated carbocycles. The van der Waals surface area contributed by atoms with E-state index < -0.39 is 5.97 Å². The number of carbonyl (C=O) groups excluding carboxylic acids is 1. The zero-order chi connectivity index (χ0) is 15.8. The zero-order valence-electron chi connectivity index (χ0n) is 12.9. The topological polar surface area (TPSA) is 66.8 Å². The molecule has 0 fully saturated rings. The minimum atomic E-state index is -0.839. The van der Waals surface area contributed by atoms with E-state index in [0.717, 1.165) is 16.9 Å². The Kier molecular flexibility index (Phi) is 6.72. The second-order valence-corrected chi connectivity index (χ2v) is 5.18. The summed E-state index contributed by atoms with van der Waals surface area (Å²) in [7, 11) is 1.68. The van der Waals surface area contributed by atoms with E-state index in [0.29, 0.717) is 19.6 Å². The van der Waals surface area contributed by atoms with Gasteiger partial charge in [0.25, 0.3) is 0 Å². The fourth-order valence-corrected chi connectivity index (χ4v) is 1.89. The van der Waals surface area contributed by atoms with Gasteiger partial charge in [0.1, 0.15) is 5.75 Å². The summed E-state index contributed by atoms with van der Waals surface area (Å²) in [6.07, 6.45) is 0.836. The Hall–Kier alpha value is -2.04. The van der Waals surface area contributed by atoms with Gasteiger partial charge in [-0.05, 0) is 37.5 Å². The molecule has 1 aromatic carbocycles. The van der Waals surface area contributed by atoms with Crippen molar-refractivity contribution in [2.45, 2.75) is 33.1 Å².